The molecule has 3 N–H and O–H groups in total. The lowest BCUT2D eigenvalue weighted by Gasteiger charge is -2.24. The van der Waals surface area contributed by atoms with E-state index in [0.29, 0.717) is 19.3 Å². The van der Waals surface area contributed by atoms with Crippen LogP contribution in [0, 0.1) is 0 Å². The number of carbonyl (C=O) groups is 2. The van der Waals surface area contributed by atoms with Crippen LogP contribution in [0.25, 0.3) is 0 Å². The summed E-state index contributed by atoms with van der Waals surface area (Å²) in [6.45, 7) is 6.45. The summed E-state index contributed by atoms with van der Waals surface area (Å²) < 4.78 is 5.91. The van der Waals surface area contributed by atoms with Crippen LogP contribution in [-0.2, 0) is 14.3 Å². The van der Waals surface area contributed by atoms with E-state index in [1.807, 2.05) is 0 Å². The van der Waals surface area contributed by atoms with Gasteiger partial charge in [-0.1, -0.05) is 242 Å². The van der Waals surface area contributed by atoms with Gasteiger partial charge in [-0.05, 0) is 89.9 Å². The lowest BCUT2D eigenvalue weighted by Crippen LogP contribution is -2.46. The lowest BCUT2D eigenvalue weighted by atomic mass is 10.0. The summed E-state index contributed by atoms with van der Waals surface area (Å²) in [6.07, 6.45) is 67.2. The van der Waals surface area contributed by atoms with Gasteiger partial charge in [-0.15, -0.1) is 0 Å². The van der Waals surface area contributed by atoms with Crippen LogP contribution in [-0.4, -0.2) is 46.9 Å². The number of amides is 1. The normalized spacial score (nSPS) is 13.6. The summed E-state index contributed by atoms with van der Waals surface area (Å²) in [5.74, 6) is -0.541. The fourth-order valence-corrected chi connectivity index (χ4v) is 8.47. The summed E-state index contributed by atoms with van der Waals surface area (Å²) in [5.41, 5.74) is 0. The molecule has 0 aliphatic heterocycles. The van der Waals surface area contributed by atoms with Gasteiger partial charge in [0.05, 0.1) is 25.2 Å². The quantitative estimate of drug-likeness (QED) is 0.0321. The van der Waals surface area contributed by atoms with E-state index < -0.39 is 18.2 Å². The highest BCUT2D eigenvalue weighted by Gasteiger charge is 2.24. The number of esters is 1. The molecule has 6 heteroatoms. The molecule has 0 fully saturated rings. The van der Waals surface area contributed by atoms with Crippen molar-refractivity contribution in [1.29, 1.82) is 0 Å². The van der Waals surface area contributed by atoms with Crippen molar-refractivity contribution in [2.75, 3.05) is 6.61 Å². The Morgan fingerprint density at radius 1 is 0.439 bits per heavy atom. The second-order valence-electron chi connectivity index (χ2n) is 19.3. The van der Waals surface area contributed by atoms with E-state index in [2.05, 4.69) is 86.8 Å². The molecule has 6 nitrogen and oxygen atoms in total. The third kappa shape index (κ3) is 48.0. The SMILES string of the molecule is CCCCC/C=C\C/C=C\C/C=C\C/C=C\CCCC(CC(=O)NC(CO)C(O)CCCCCCCCCCCCCCCCCCC)OC(=O)CCCCC/C=C\CCCCCCCC. The van der Waals surface area contributed by atoms with Crippen molar-refractivity contribution in [3.63, 3.8) is 0 Å². The molecule has 0 saturated carbocycles. The number of nitrogens with one attached hydrogen (secondary N) is 1. The molecule has 0 aromatic rings. The van der Waals surface area contributed by atoms with Gasteiger partial charge >= 0.3 is 5.97 Å². The Morgan fingerprint density at radius 2 is 0.788 bits per heavy atom. The molecular weight excluding hydrogens is 815 g/mol. The predicted octanol–water partition coefficient (Wildman–Crippen LogP) is 17.6. The van der Waals surface area contributed by atoms with Crippen LogP contribution in [0.1, 0.15) is 284 Å². The van der Waals surface area contributed by atoms with Crippen LogP contribution >= 0.6 is 0 Å². The zero-order chi connectivity index (χ0) is 48.1. The maximum atomic E-state index is 13.2. The van der Waals surface area contributed by atoms with Gasteiger partial charge in [0.1, 0.15) is 6.10 Å². The van der Waals surface area contributed by atoms with Crippen LogP contribution < -0.4 is 5.32 Å². The van der Waals surface area contributed by atoms with Gasteiger partial charge in [0, 0.05) is 6.42 Å². The van der Waals surface area contributed by atoms with E-state index in [1.54, 1.807) is 0 Å². The minimum atomic E-state index is -0.806. The first-order valence-electron chi connectivity index (χ1n) is 28.5. The predicted molar refractivity (Wildman–Crippen MR) is 287 cm³/mol. The summed E-state index contributed by atoms with van der Waals surface area (Å²) in [5, 5.41) is 23.9. The minimum Gasteiger partial charge on any atom is -0.462 e. The van der Waals surface area contributed by atoms with Crippen LogP contribution in [0.5, 0.6) is 0 Å². The molecule has 0 aliphatic rings. The number of allylic oxidation sites excluding steroid dienone is 10. The fraction of sp³-hybridized carbons (Fsp3) is 0.800. The van der Waals surface area contributed by atoms with E-state index in [-0.39, 0.29) is 24.9 Å². The molecule has 3 unspecified atom stereocenters. The first-order chi connectivity index (χ1) is 32.5. The zero-order valence-corrected chi connectivity index (χ0v) is 43.8. The van der Waals surface area contributed by atoms with Gasteiger partial charge in [-0.3, -0.25) is 9.59 Å². The second kappa shape index (κ2) is 53.5. The number of hydrogen-bond donors (Lipinski definition) is 3. The average Bonchev–Trinajstić information content (AvgIpc) is 3.31. The molecular formula is C60H109NO5. The largest absolute Gasteiger partial charge is 0.462 e. The molecule has 0 heterocycles. The van der Waals surface area contributed by atoms with E-state index in [0.717, 1.165) is 83.5 Å². The van der Waals surface area contributed by atoms with Crippen LogP contribution in [0.4, 0.5) is 0 Å². The van der Waals surface area contributed by atoms with Crippen molar-refractivity contribution in [1.82, 2.24) is 5.32 Å². The standard InChI is InChI=1S/C60H109NO5/c1-4-7-10-13-16-19-22-25-27-29-31-34-36-39-42-45-48-51-56(66-60(65)53-50-47-44-41-38-33-24-21-18-15-12-9-6-3)54-59(64)61-57(55-62)58(63)52-49-46-43-40-37-35-32-30-28-26-23-20-17-14-11-8-5-2/h16,19,25,27,31,33-34,38-39,42,56-58,62-63H,4-15,17-18,20-24,26,28-30,32,35-37,40-41,43-55H2,1-3H3,(H,61,64)/b19-16-,27-25-,34-31-,38-33-,42-39-. The minimum absolute atomic E-state index is 0.0338. The number of rotatable bonds is 51. The monoisotopic (exact) mass is 924 g/mol. The number of aliphatic hydroxyl groups is 2. The first kappa shape index (κ1) is 63.6. The van der Waals surface area contributed by atoms with Crippen LogP contribution in [0.2, 0.25) is 0 Å². The molecule has 0 rings (SSSR count). The van der Waals surface area contributed by atoms with E-state index in [4.69, 9.17) is 4.74 Å². The summed E-state index contributed by atoms with van der Waals surface area (Å²) >= 11 is 0. The number of ether oxygens (including phenoxy) is 1. The molecule has 1 amide bonds. The van der Waals surface area contributed by atoms with E-state index in [9.17, 15) is 19.8 Å². The molecule has 3 atom stereocenters. The van der Waals surface area contributed by atoms with Gasteiger partial charge in [-0.25, -0.2) is 0 Å². The highest BCUT2D eigenvalue weighted by Crippen LogP contribution is 2.17. The third-order valence-corrected chi connectivity index (χ3v) is 12.8. The molecule has 0 saturated heterocycles. The number of hydrogen-bond acceptors (Lipinski definition) is 5. The third-order valence-electron chi connectivity index (χ3n) is 12.8. The van der Waals surface area contributed by atoms with E-state index in [1.165, 1.54) is 154 Å². The van der Waals surface area contributed by atoms with Gasteiger partial charge in [0.2, 0.25) is 5.91 Å². The molecule has 0 aromatic heterocycles. The maximum absolute atomic E-state index is 13.2. The number of unbranched alkanes of at least 4 members (excludes halogenated alkanes) is 29. The second-order valence-corrected chi connectivity index (χ2v) is 19.3. The molecule has 0 radical (unpaired) electrons. The Morgan fingerprint density at radius 3 is 1.24 bits per heavy atom. The van der Waals surface area contributed by atoms with Crippen molar-refractivity contribution >= 4 is 11.9 Å². The smallest absolute Gasteiger partial charge is 0.306 e. The Hall–Kier alpha value is -2.44. The van der Waals surface area contributed by atoms with Crippen LogP contribution in [0.15, 0.2) is 60.8 Å². The molecule has 0 bridgehead atoms. The van der Waals surface area contributed by atoms with Crippen molar-refractivity contribution in [2.24, 2.45) is 0 Å². The summed E-state index contributed by atoms with van der Waals surface area (Å²) in [7, 11) is 0. The Kier molecular flexibility index (Phi) is 51.5. The number of aliphatic hydroxyl groups excluding tert-OH is 2. The first-order valence-corrected chi connectivity index (χ1v) is 28.5. The van der Waals surface area contributed by atoms with Crippen molar-refractivity contribution in [3.05, 3.63) is 60.8 Å². The molecule has 0 aromatic carbocycles. The van der Waals surface area contributed by atoms with Gasteiger partial charge in [0.25, 0.3) is 0 Å². The Bertz CT molecular complexity index is 1170. The van der Waals surface area contributed by atoms with Gasteiger partial charge < -0.3 is 20.3 Å². The zero-order valence-electron chi connectivity index (χ0n) is 43.8. The molecule has 0 aliphatic carbocycles. The highest BCUT2D eigenvalue weighted by atomic mass is 16.5. The van der Waals surface area contributed by atoms with E-state index >= 15 is 0 Å². The number of carbonyl (C=O) groups excluding carboxylic acids is 2. The maximum Gasteiger partial charge on any atom is 0.306 e. The van der Waals surface area contributed by atoms with Crippen molar-refractivity contribution in [2.45, 2.75) is 302 Å². The highest BCUT2D eigenvalue weighted by molar-refractivity contribution is 5.77. The topological polar surface area (TPSA) is 95.9 Å². The molecule has 384 valence electrons. The average molecular weight is 925 g/mol. The molecule has 66 heavy (non-hydrogen) atoms. The van der Waals surface area contributed by atoms with Gasteiger partial charge in [-0.2, -0.15) is 0 Å². The van der Waals surface area contributed by atoms with Gasteiger partial charge in [0.15, 0.2) is 0 Å². The Labute approximate surface area is 409 Å². The van der Waals surface area contributed by atoms with Crippen LogP contribution in [0.3, 0.4) is 0 Å². The fourth-order valence-electron chi connectivity index (χ4n) is 8.47. The Balaban J connectivity index is 4.64. The summed E-state index contributed by atoms with van der Waals surface area (Å²) in [4.78, 5) is 26.2. The molecule has 0 spiro atoms. The van der Waals surface area contributed by atoms with Crippen molar-refractivity contribution in [3.8, 4) is 0 Å². The summed E-state index contributed by atoms with van der Waals surface area (Å²) in [6, 6.07) is -0.724. The van der Waals surface area contributed by atoms with Crippen molar-refractivity contribution < 1.29 is 24.5 Å². The lowest BCUT2D eigenvalue weighted by molar-refractivity contribution is -0.151.